The number of carbonyl (C=O) groups excluding carboxylic acids is 1. The van der Waals surface area contributed by atoms with Gasteiger partial charge in [-0.15, -0.1) is 11.3 Å². The Morgan fingerprint density at radius 2 is 1.87 bits per heavy atom. The molecule has 0 radical (unpaired) electrons. The lowest BCUT2D eigenvalue weighted by Gasteiger charge is -2.23. The minimum Gasteiger partial charge on any atom is -0.444 e. The number of carbonyl (C=O) groups is 1. The first-order valence-corrected chi connectivity index (χ1v) is 11.7. The molecule has 0 aliphatic heterocycles. The summed E-state index contributed by atoms with van der Waals surface area (Å²) in [5, 5.41) is 14.9. The summed E-state index contributed by atoms with van der Waals surface area (Å²) in [5.41, 5.74) is 0.940. The smallest absolute Gasteiger partial charge is 0.408 e. The Balaban J connectivity index is 2.20. The number of ether oxygens (including phenoxy) is 2. The van der Waals surface area contributed by atoms with Crippen molar-refractivity contribution in [2.45, 2.75) is 51.5 Å². The van der Waals surface area contributed by atoms with Crippen LogP contribution in [0.15, 0.2) is 29.6 Å². The molecule has 1 aromatic heterocycles. The topological polar surface area (TPSA) is 147 Å². The van der Waals surface area contributed by atoms with E-state index in [1.54, 1.807) is 38.3 Å². The third kappa shape index (κ3) is 9.19. The summed E-state index contributed by atoms with van der Waals surface area (Å²) in [5.74, 6) is 0. The van der Waals surface area contributed by atoms with E-state index in [0.29, 0.717) is 17.1 Å². The average Bonchev–Trinajstić information content (AvgIpc) is 3.08. The summed E-state index contributed by atoms with van der Waals surface area (Å²) in [7, 11) is -2.97. The molecule has 0 aliphatic carbocycles. The van der Waals surface area contributed by atoms with E-state index in [2.05, 4.69) is 10.3 Å². The van der Waals surface area contributed by atoms with Crippen LogP contribution < -0.4 is 10.0 Å². The number of rotatable bonds is 9. The van der Waals surface area contributed by atoms with Gasteiger partial charge >= 0.3 is 16.4 Å². The molecule has 4 N–H and O–H groups in total. The van der Waals surface area contributed by atoms with Gasteiger partial charge < -0.3 is 19.9 Å². The number of thiazole rings is 1. The lowest BCUT2D eigenvalue weighted by molar-refractivity contribution is -0.0725. The predicted molar refractivity (Wildman–Crippen MR) is 116 cm³/mol. The van der Waals surface area contributed by atoms with Crippen LogP contribution in [0.5, 0.6) is 0 Å². The number of aliphatic hydroxyl groups is 1. The molecule has 1 heterocycles. The van der Waals surface area contributed by atoms with Crippen LogP contribution in [0.1, 0.15) is 43.1 Å². The Labute approximate surface area is 185 Å². The maximum absolute atomic E-state index is 12.4. The number of hydrogen-bond acceptors (Lipinski definition) is 8. The quantitative estimate of drug-likeness (QED) is 0.321. The van der Waals surface area contributed by atoms with Crippen LogP contribution in [0.25, 0.3) is 0 Å². The molecule has 1 aromatic carbocycles. The Kier molecular flexibility index (Phi) is 8.37. The second-order valence-corrected chi connectivity index (χ2v) is 9.79. The lowest BCUT2D eigenvalue weighted by atomic mass is 10.1. The number of nitrogens with zero attached hydrogens (tertiary/aromatic N) is 1. The number of amides is 1. The summed E-state index contributed by atoms with van der Waals surface area (Å²) < 4.78 is 42.9. The molecule has 12 heteroatoms. The van der Waals surface area contributed by atoms with Gasteiger partial charge in [-0.25, -0.2) is 9.78 Å². The Bertz CT molecular complexity index is 969. The zero-order valence-electron chi connectivity index (χ0n) is 17.7. The zero-order chi connectivity index (χ0) is 23.2. The minimum absolute atomic E-state index is 0.202. The van der Waals surface area contributed by atoms with Gasteiger partial charge in [0.1, 0.15) is 10.6 Å². The van der Waals surface area contributed by atoms with Crippen molar-refractivity contribution in [3.63, 3.8) is 0 Å². The molecule has 0 aliphatic rings. The molecule has 0 saturated heterocycles. The van der Waals surface area contributed by atoms with E-state index in [4.69, 9.17) is 14.0 Å². The van der Waals surface area contributed by atoms with Crippen LogP contribution in [0.2, 0.25) is 0 Å². The van der Waals surface area contributed by atoms with Gasteiger partial charge in [0.05, 0.1) is 17.4 Å². The van der Waals surface area contributed by atoms with Crippen LogP contribution in [-0.4, -0.2) is 48.2 Å². The van der Waals surface area contributed by atoms with Crippen molar-refractivity contribution in [2.24, 2.45) is 0 Å². The number of alkyl carbamates (subject to hydrolysis) is 1. The van der Waals surface area contributed by atoms with Gasteiger partial charge in [-0.3, -0.25) is 9.27 Å². The zero-order valence-corrected chi connectivity index (χ0v) is 19.3. The second-order valence-electron chi connectivity index (χ2n) is 7.75. The molecule has 0 saturated carbocycles. The standard InChI is InChI=1S/C19H27N3O7S2/c1-19(2,3)29-18(24)21-15(17-20-14(11-30-17)10-16(23)28-4)9-12-5-7-13(8-6-12)22-31(25,26)27/h5-8,11,15-16,22-23H,9-10H2,1-4H3,(H,21,24)(H,25,26,27)/t15-,16-/m0/s1. The molecule has 10 nitrogen and oxygen atoms in total. The Hall–Kier alpha value is -2.25. The first kappa shape index (κ1) is 25.0. The summed E-state index contributed by atoms with van der Waals surface area (Å²) in [6.45, 7) is 5.28. The van der Waals surface area contributed by atoms with E-state index < -0.39 is 34.3 Å². The first-order valence-electron chi connectivity index (χ1n) is 9.33. The largest absolute Gasteiger partial charge is 0.444 e. The first-order chi connectivity index (χ1) is 14.3. The molecule has 2 aromatic rings. The van der Waals surface area contributed by atoms with Gasteiger partial charge in [0, 0.05) is 18.9 Å². The molecule has 1 amide bonds. The van der Waals surface area contributed by atoms with Gasteiger partial charge in [0.15, 0.2) is 6.29 Å². The van der Waals surface area contributed by atoms with Crippen molar-refractivity contribution in [1.82, 2.24) is 10.3 Å². The summed E-state index contributed by atoms with van der Waals surface area (Å²) in [4.78, 5) is 16.8. The van der Waals surface area contributed by atoms with E-state index >= 15 is 0 Å². The second kappa shape index (κ2) is 10.4. The number of aromatic nitrogens is 1. The van der Waals surface area contributed by atoms with Gasteiger partial charge in [-0.2, -0.15) is 8.42 Å². The molecule has 31 heavy (non-hydrogen) atoms. The molecule has 0 fully saturated rings. The van der Waals surface area contributed by atoms with E-state index in [1.165, 1.54) is 30.6 Å². The molecular weight excluding hydrogens is 446 g/mol. The molecule has 2 rings (SSSR count). The molecule has 2 atom stereocenters. The van der Waals surface area contributed by atoms with Gasteiger partial charge in [0.2, 0.25) is 0 Å². The monoisotopic (exact) mass is 473 g/mol. The van der Waals surface area contributed by atoms with E-state index in [0.717, 1.165) is 5.56 Å². The fourth-order valence-corrected chi connectivity index (χ4v) is 3.90. The van der Waals surface area contributed by atoms with Crippen LogP contribution >= 0.6 is 11.3 Å². The third-order valence-corrected chi connectivity index (χ3v) is 5.36. The number of aliphatic hydroxyl groups excluding tert-OH is 1. The predicted octanol–water partition coefficient (Wildman–Crippen LogP) is 2.67. The third-order valence-electron chi connectivity index (χ3n) is 3.85. The summed E-state index contributed by atoms with van der Waals surface area (Å²) >= 11 is 1.33. The molecule has 0 bridgehead atoms. The number of hydrogen-bond donors (Lipinski definition) is 4. The van der Waals surface area contributed by atoms with E-state index in [1.807, 2.05) is 4.72 Å². The van der Waals surface area contributed by atoms with Crippen molar-refractivity contribution in [3.05, 3.63) is 45.9 Å². The Morgan fingerprint density at radius 1 is 1.23 bits per heavy atom. The van der Waals surface area contributed by atoms with Crippen molar-refractivity contribution < 1.29 is 32.3 Å². The highest BCUT2D eigenvalue weighted by atomic mass is 32.2. The van der Waals surface area contributed by atoms with Crippen LogP contribution in [0.4, 0.5) is 10.5 Å². The van der Waals surface area contributed by atoms with Gasteiger partial charge in [0.25, 0.3) is 0 Å². The Morgan fingerprint density at radius 3 is 2.42 bits per heavy atom. The van der Waals surface area contributed by atoms with Crippen LogP contribution in [-0.2, 0) is 32.6 Å². The minimum atomic E-state index is -4.36. The number of benzene rings is 1. The highest BCUT2D eigenvalue weighted by molar-refractivity contribution is 7.87. The average molecular weight is 474 g/mol. The fraction of sp³-hybridized carbons (Fsp3) is 0.474. The number of nitrogens with one attached hydrogen (secondary N) is 2. The van der Waals surface area contributed by atoms with Crippen molar-refractivity contribution in [1.29, 1.82) is 0 Å². The normalized spacial score (nSPS) is 14.0. The SMILES string of the molecule is CO[C@H](O)Cc1csc([C@H](Cc2ccc(NS(=O)(=O)O)cc2)NC(=O)OC(C)(C)C)n1. The maximum atomic E-state index is 12.4. The fourth-order valence-electron chi connectivity index (χ4n) is 2.58. The highest BCUT2D eigenvalue weighted by Gasteiger charge is 2.23. The summed E-state index contributed by atoms with van der Waals surface area (Å²) in [6.07, 6.45) is -1.02. The molecule has 0 unspecified atom stereocenters. The summed E-state index contributed by atoms with van der Waals surface area (Å²) in [6, 6.07) is 5.81. The van der Waals surface area contributed by atoms with Crippen molar-refractivity contribution >= 4 is 33.4 Å². The van der Waals surface area contributed by atoms with Gasteiger partial charge in [-0.1, -0.05) is 12.1 Å². The van der Waals surface area contributed by atoms with E-state index in [9.17, 15) is 18.3 Å². The molecular formula is C19H27N3O7S2. The van der Waals surface area contributed by atoms with Gasteiger partial charge in [-0.05, 0) is 44.9 Å². The maximum Gasteiger partial charge on any atom is 0.408 e. The van der Waals surface area contributed by atoms with E-state index in [-0.39, 0.29) is 12.1 Å². The number of methoxy groups -OCH3 is 1. The lowest BCUT2D eigenvalue weighted by Crippen LogP contribution is -2.35. The van der Waals surface area contributed by atoms with Crippen LogP contribution in [0.3, 0.4) is 0 Å². The van der Waals surface area contributed by atoms with Crippen molar-refractivity contribution in [3.8, 4) is 0 Å². The molecule has 172 valence electrons. The van der Waals surface area contributed by atoms with Crippen LogP contribution in [0, 0.1) is 0 Å². The highest BCUT2D eigenvalue weighted by Crippen LogP contribution is 2.25. The molecule has 0 spiro atoms. The van der Waals surface area contributed by atoms with Crippen molar-refractivity contribution in [2.75, 3.05) is 11.8 Å². The number of anilines is 1.